The molecular weight excluding hydrogens is 327 g/mol. The van der Waals surface area contributed by atoms with Crippen LogP contribution in [0.5, 0.6) is 5.75 Å². The molecule has 0 aromatic heterocycles. The van der Waals surface area contributed by atoms with E-state index in [4.69, 9.17) is 12.2 Å². The summed E-state index contributed by atoms with van der Waals surface area (Å²) in [5, 5.41) is 16.6. The average Bonchev–Trinajstić information content (AvgIpc) is 2.55. The summed E-state index contributed by atoms with van der Waals surface area (Å²) in [6.07, 6.45) is 0. The van der Waals surface area contributed by atoms with Gasteiger partial charge in [-0.15, -0.1) is 0 Å². The van der Waals surface area contributed by atoms with Crippen molar-refractivity contribution in [2.45, 2.75) is 0 Å². The number of hydrogen-bond acceptors (Lipinski definition) is 3. The lowest BCUT2D eigenvalue weighted by Gasteiger charge is -2.12. The van der Waals surface area contributed by atoms with Gasteiger partial charge in [0.25, 0.3) is 5.91 Å². The van der Waals surface area contributed by atoms with E-state index in [9.17, 15) is 14.3 Å². The molecule has 0 aliphatic carbocycles. The van der Waals surface area contributed by atoms with E-state index in [-0.39, 0.29) is 16.4 Å². The minimum Gasteiger partial charge on any atom is -0.508 e. The number of rotatable bonds is 2. The molecule has 0 aliphatic heterocycles. The number of carbonyl (C=O) groups is 1. The molecule has 120 valence electrons. The third-order valence-electron chi connectivity index (χ3n) is 3.46. The molecule has 0 radical (unpaired) electrons. The normalized spacial score (nSPS) is 10.4. The van der Waals surface area contributed by atoms with Crippen LogP contribution in [0, 0.1) is 5.82 Å². The van der Waals surface area contributed by atoms with E-state index >= 15 is 0 Å². The Bertz CT molecular complexity index is 943. The maximum Gasteiger partial charge on any atom is 0.260 e. The minimum atomic E-state index is -0.622. The molecule has 3 aromatic carbocycles. The summed E-state index contributed by atoms with van der Waals surface area (Å²) < 4.78 is 13.6. The van der Waals surface area contributed by atoms with Crippen LogP contribution in [0.2, 0.25) is 0 Å². The quantitative estimate of drug-likeness (QED) is 0.621. The monoisotopic (exact) mass is 340 g/mol. The van der Waals surface area contributed by atoms with Gasteiger partial charge in [-0.2, -0.15) is 0 Å². The predicted octanol–water partition coefficient (Wildman–Crippen LogP) is 3.81. The van der Waals surface area contributed by atoms with Gasteiger partial charge in [0.05, 0.1) is 5.56 Å². The zero-order valence-electron chi connectivity index (χ0n) is 12.4. The Labute approximate surface area is 142 Å². The minimum absolute atomic E-state index is 0.0591. The lowest BCUT2D eigenvalue weighted by atomic mass is 10.1. The number of nitrogens with one attached hydrogen (secondary N) is 2. The number of anilines is 1. The first-order valence-corrected chi connectivity index (χ1v) is 7.54. The summed E-state index contributed by atoms with van der Waals surface area (Å²) in [6.45, 7) is 0. The molecule has 0 spiro atoms. The van der Waals surface area contributed by atoms with Crippen molar-refractivity contribution in [3.8, 4) is 5.75 Å². The van der Waals surface area contributed by atoms with Gasteiger partial charge >= 0.3 is 0 Å². The number of thiocarbonyl (C=S) groups is 1. The van der Waals surface area contributed by atoms with Crippen molar-refractivity contribution < 1.29 is 14.3 Å². The van der Waals surface area contributed by atoms with Crippen LogP contribution in [0.25, 0.3) is 10.8 Å². The van der Waals surface area contributed by atoms with Crippen molar-refractivity contribution in [1.82, 2.24) is 5.32 Å². The number of amides is 1. The highest BCUT2D eigenvalue weighted by atomic mass is 32.1. The van der Waals surface area contributed by atoms with Gasteiger partial charge in [0.1, 0.15) is 11.6 Å². The molecule has 0 aliphatic rings. The van der Waals surface area contributed by atoms with Crippen molar-refractivity contribution in [1.29, 1.82) is 0 Å². The fraction of sp³-hybridized carbons (Fsp3) is 0. The zero-order chi connectivity index (χ0) is 17.1. The fourth-order valence-electron chi connectivity index (χ4n) is 2.35. The molecule has 0 bridgehead atoms. The predicted molar refractivity (Wildman–Crippen MR) is 95.7 cm³/mol. The van der Waals surface area contributed by atoms with Crippen LogP contribution in [0.15, 0.2) is 60.7 Å². The van der Waals surface area contributed by atoms with Crippen LogP contribution in [-0.4, -0.2) is 16.1 Å². The molecule has 4 nitrogen and oxygen atoms in total. The second kappa shape index (κ2) is 6.64. The first-order chi connectivity index (χ1) is 11.5. The van der Waals surface area contributed by atoms with Gasteiger partial charge in [0.15, 0.2) is 5.11 Å². The third-order valence-corrected chi connectivity index (χ3v) is 3.66. The zero-order valence-corrected chi connectivity index (χ0v) is 13.2. The summed E-state index contributed by atoms with van der Waals surface area (Å²) in [7, 11) is 0. The molecule has 3 rings (SSSR count). The van der Waals surface area contributed by atoms with Crippen molar-refractivity contribution in [2.75, 3.05) is 5.32 Å². The summed E-state index contributed by atoms with van der Waals surface area (Å²) in [5.74, 6) is -1.07. The van der Waals surface area contributed by atoms with Gasteiger partial charge in [-0.25, -0.2) is 4.39 Å². The topological polar surface area (TPSA) is 61.4 Å². The van der Waals surface area contributed by atoms with Gasteiger partial charge in [-0.1, -0.05) is 24.3 Å². The summed E-state index contributed by atoms with van der Waals surface area (Å²) in [5.41, 5.74) is 0.593. The van der Waals surface area contributed by atoms with Crippen LogP contribution < -0.4 is 10.6 Å². The fourth-order valence-corrected chi connectivity index (χ4v) is 2.55. The lowest BCUT2D eigenvalue weighted by molar-refractivity contribution is 0.0974. The highest BCUT2D eigenvalue weighted by Gasteiger charge is 2.12. The van der Waals surface area contributed by atoms with E-state index < -0.39 is 11.7 Å². The number of hydrogen-bond donors (Lipinski definition) is 3. The van der Waals surface area contributed by atoms with Crippen molar-refractivity contribution in [3.63, 3.8) is 0 Å². The number of benzene rings is 3. The van der Waals surface area contributed by atoms with Gasteiger partial charge in [0.2, 0.25) is 0 Å². The molecule has 0 saturated heterocycles. The summed E-state index contributed by atoms with van der Waals surface area (Å²) in [6, 6.07) is 16.0. The Balaban J connectivity index is 1.78. The molecule has 0 unspecified atom stereocenters. The third kappa shape index (κ3) is 3.33. The number of phenols is 1. The van der Waals surface area contributed by atoms with Crippen LogP contribution in [0.3, 0.4) is 0 Å². The van der Waals surface area contributed by atoms with E-state index in [1.165, 1.54) is 18.2 Å². The molecular formula is C18H13FN2O2S. The second-order valence-corrected chi connectivity index (χ2v) is 5.51. The molecule has 3 N–H and O–H groups in total. The number of halogens is 1. The molecule has 0 fully saturated rings. The molecule has 0 heterocycles. The maximum atomic E-state index is 13.6. The second-order valence-electron chi connectivity index (χ2n) is 5.10. The Kier molecular flexibility index (Phi) is 4.39. The Hall–Kier alpha value is -2.99. The van der Waals surface area contributed by atoms with E-state index in [1.807, 2.05) is 6.07 Å². The summed E-state index contributed by atoms with van der Waals surface area (Å²) >= 11 is 5.13. The van der Waals surface area contributed by atoms with Gasteiger partial charge in [-0.3, -0.25) is 10.1 Å². The molecule has 6 heteroatoms. The van der Waals surface area contributed by atoms with E-state index in [1.54, 1.807) is 36.4 Å². The molecule has 1 amide bonds. The Morgan fingerprint density at radius 2 is 1.83 bits per heavy atom. The molecule has 0 saturated carbocycles. The number of carbonyl (C=O) groups excluding carboxylic acids is 1. The Morgan fingerprint density at radius 3 is 2.62 bits per heavy atom. The first-order valence-electron chi connectivity index (χ1n) is 7.13. The Morgan fingerprint density at radius 1 is 1.04 bits per heavy atom. The van der Waals surface area contributed by atoms with Crippen LogP contribution in [-0.2, 0) is 0 Å². The highest BCUT2D eigenvalue weighted by molar-refractivity contribution is 7.80. The highest BCUT2D eigenvalue weighted by Crippen LogP contribution is 2.26. The van der Waals surface area contributed by atoms with Crippen LogP contribution in [0.4, 0.5) is 10.1 Å². The van der Waals surface area contributed by atoms with Crippen molar-refractivity contribution in [3.05, 3.63) is 72.0 Å². The first kappa shape index (κ1) is 15.9. The van der Waals surface area contributed by atoms with Crippen molar-refractivity contribution in [2.24, 2.45) is 0 Å². The average molecular weight is 340 g/mol. The summed E-state index contributed by atoms with van der Waals surface area (Å²) in [4.78, 5) is 12.1. The molecule has 0 atom stereocenters. The standard InChI is InChI=1S/C18H13FN2O2S/c19-15-6-2-1-5-14(15)17(23)21-18(24)20-16-7-3-4-11-10-12(22)8-9-13(11)16/h1-10,22H,(H2,20,21,23,24). The van der Waals surface area contributed by atoms with E-state index in [0.29, 0.717) is 5.69 Å². The number of fused-ring (bicyclic) bond motifs is 1. The maximum absolute atomic E-state index is 13.6. The van der Waals surface area contributed by atoms with E-state index in [0.717, 1.165) is 10.8 Å². The van der Waals surface area contributed by atoms with Crippen molar-refractivity contribution >= 4 is 39.7 Å². The van der Waals surface area contributed by atoms with Crippen LogP contribution >= 0.6 is 12.2 Å². The van der Waals surface area contributed by atoms with Gasteiger partial charge < -0.3 is 10.4 Å². The van der Waals surface area contributed by atoms with Gasteiger partial charge in [0, 0.05) is 11.1 Å². The molecule has 24 heavy (non-hydrogen) atoms. The van der Waals surface area contributed by atoms with Gasteiger partial charge in [-0.05, 0) is 54.0 Å². The smallest absolute Gasteiger partial charge is 0.260 e. The van der Waals surface area contributed by atoms with E-state index in [2.05, 4.69) is 10.6 Å². The SMILES string of the molecule is O=C(NC(=S)Nc1cccc2cc(O)ccc12)c1ccccc1F. The molecule has 3 aromatic rings. The largest absolute Gasteiger partial charge is 0.508 e. The number of aromatic hydroxyl groups is 1. The van der Waals surface area contributed by atoms with Crippen LogP contribution in [0.1, 0.15) is 10.4 Å². The number of phenolic OH excluding ortho intramolecular Hbond substituents is 1. The lowest BCUT2D eigenvalue weighted by Crippen LogP contribution is -2.34.